The quantitative estimate of drug-likeness (QED) is 0.741. The molecule has 3 N–H and O–H groups in total. The molecular formula is C10H14ClFN2O3S. The second kappa shape index (κ2) is 6.89. The van der Waals surface area contributed by atoms with Crippen LogP contribution in [0.2, 0.25) is 5.02 Å². The Morgan fingerprint density at radius 3 is 2.78 bits per heavy atom. The van der Waals surface area contributed by atoms with Crippen LogP contribution in [0.5, 0.6) is 0 Å². The number of sulfonamides is 1. The maximum absolute atomic E-state index is 13.3. The Kier molecular flexibility index (Phi) is 5.80. The number of nitrogens with one attached hydrogen (secondary N) is 1. The van der Waals surface area contributed by atoms with E-state index in [1.165, 1.54) is 12.1 Å². The lowest BCUT2D eigenvalue weighted by Gasteiger charge is -2.09. The van der Waals surface area contributed by atoms with Gasteiger partial charge >= 0.3 is 0 Å². The maximum atomic E-state index is 13.3. The third kappa shape index (κ3) is 5.18. The van der Waals surface area contributed by atoms with E-state index in [0.29, 0.717) is 6.54 Å². The highest BCUT2D eigenvalue weighted by atomic mass is 35.5. The van der Waals surface area contributed by atoms with Crippen LogP contribution in [0.15, 0.2) is 18.2 Å². The summed E-state index contributed by atoms with van der Waals surface area (Å²) < 4.78 is 43.6. The minimum Gasteiger partial charge on any atom is -0.379 e. The standard InChI is InChI=1S/C10H14ClFN2O3S/c11-8-1-2-9(12)10(7-8)14-18(15,16)6-5-17-4-3-13/h1-2,7,14H,3-6,13H2. The molecule has 0 aliphatic heterocycles. The van der Waals surface area contributed by atoms with Crippen LogP contribution in [0.25, 0.3) is 0 Å². The number of halogens is 2. The summed E-state index contributed by atoms with van der Waals surface area (Å²) >= 11 is 5.65. The monoisotopic (exact) mass is 296 g/mol. The van der Waals surface area contributed by atoms with Gasteiger partial charge in [0.15, 0.2) is 0 Å². The normalized spacial score (nSPS) is 11.5. The van der Waals surface area contributed by atoms with E-state index in [-0.39, 0.29) is 29.7 Å². The summed E-state index contributed by atoms with van der Waals surface area (Å²) in [5.41, 5.74) is 5.00. The summed E-state index contributed by atoms with van der Waals surface area (Å²) in [6.45, 7) is 0.589. The molecule has 0 saturated carbocycles. The SMILES string of the molecule is NCCOCCS(=O)(=O)Nc1cc(Cl)ccc1F. The van der Waals surface area contributed by atoms with E-state index in [1.807, 2.05) is 0 Å². The van der Waals surface area contributed by atoms with Gasteiger partial charge < -0.3 is 10.5 Å². The van der Waals surface area contributed by atoms with Crippen molar-refractivity contribution in [3.63, 3.8) is 0 Å². The first-order valence-electron chi connectivity index (χ1n) is 5.18. The number of hydrogen-bond donors (Lipinski definition) is 2. The highest BCUT2D eigenvalue weighted by Crippen LogP contribution is 2.20. The third-order valence-electron chi connectivity index (χ3n) is 1.95. The molecule has 0 aliphatic carbocycles. The molecule has 0 unspecified atom stereocenters. The summed E-state index contributed by atoms with van der Waals surface area (Å²) in [4.78, 5) is 0. The van der Waals surface area contributed by atoms with Crippen molar-refractivity contribution >= 4 is 27.3 Å². The van der Waals surface area contributed by atoms with Crippen molar-refractivity contribution in [1.29, 1.82) is 0 Å². The predicted molar refractivity (Wildman–Crippen MR) is 68.7 cm³/mol. The van der Waals surface area contributed by atoms with Gasteiger partial charge in [-0.25, -0.2) is 12.8 Å². The lowest BCUT2D eigenvalue weighted by Crippen LogP contribution is -2.22. The molecule has 0 bridgehead atoms. The first kappa shape index (κ1) is 15.2. The van der Waals surface area contributed by atoms with Crippen LogP contribution in [-0.2, 0) is 14.8 Å². The van der Waals surface area contributed by atoms with Crippen molar-refractivity contribution in [2.75, 3.05) is 30.2 Å². The molecule has 1 rings (SSSR count). The van der Waals surface area contributed by atoms with Crippen LogP contribution >= 0.6 is 11.6 Å². The van der Waals surface area contributed by atoms with Gasteiger partial charge in [0, 0.05) is 11.6 Å². The van der Waals surface area contributed by atoms with E-state index in [0.717, 1.165) is 6.07 Å². The zero-order valence-electron chi connectivity index (χ0n) is 9.53. The molecule has 0 atom stereocenters. The van der Waals surface area contributed by atoms with Crippen LogP contribution in [0.1, 0.15) is 0 Å². The average Bonchev–Trinajstić information content (AvgIpc) is 2.29. The van der Waals surface area contributed by atoms with E-state index in [2.05, 4.69) is 4.72 Å². The molecule has 0 spiro atoms. The van der Waals surface area contributed by atoms with Crippen LogP contribution in [-0.4, -0.2) is 33.9 Å². The van der Waals surface area contributed by atoms with Gasteiger partial charge in [-0.15, -0.1) is 0 Å². The first-order chi connectivity index (χ1) is 8.44. The fraction of sp³-hybridized carbons (Fsp3) is 0.400. The van der Waals surface area contributed by atoms with E-state index in [9.17, 15) is 12.8 Å². The summed E-state index contributed by atoms with van der Waals surface area (Å²) in [5.74, 6) is -0.968. The Bertz CT molecular complexity index is 496. The van der Waals surface area contributed by atoms with Crippen molar-refractivity contribution in [1.82, 2.24) is 0 Å². The van der Waals surface area contributed by atoms with Gasteiger partial charge in [0.1, 0.15) is 5.82 Å². The van der Waals surface area contributed by atoms with Crippen molar-refractivity contribution in [2.24, 2.45) is 5.73 Å². The minimum absolute atomic E-state index is 0.00524. The lowest BCUT2D eigenvalue weighted by atomic mass is 10.3. The molecule has 0 heterocycles. The number of hydrogen-bond acceptors (Lipinski definition) is 4. The number of benzene rings is 1. The van der Waals surface area contributed by atoms with Crippen LogP contribution in [0.4, 0.5) is 10.1 Å². The van der Waals surface area contributed by atoms with Gasteiger partial charge in [-0.1, -0.05) is 11.6 Å². The molecule has 0 amide bonds. The Balaban J connectivity index is 2.62. The second-order valence-corrected chi connectivity index (χ2v) is 5.72. The van der Waals surface area contributed by atoms with Crippen molar-refractivity contribution in [3.8, 4) is 0 Å². The average molecular weight is 297 g/mol. The maximum Gasteiger partial charge on any atom is 0.235 e. The molecule has 102 valence electrons. The molecular weight excluding hydrogens is 283 g/mol. The number of ether oxygens (including phenoxy) is 1. The predicted octanol–water partition coefficient (Wildman–Crippen LogP) is 1.20. The Labute approximate surface area is 110 Å². The number of anilines is 1. The molecule has 1 aromatic carbocycles. The van der Waals surface area contributed by atoms with Gasteiger partial charge in [-0.05, 0) is 18.2 Å². The molecule has 0 saturated heterocycles. The van der Waals surface area contributed by atoms with Gasteiger partial charge in [-0.3, -0.25) is 4.72 Å². The highest BCUT2D eigenvalue weighted by Gasteiger charge is 2.13. The molecule has 5 nitrogen and oxygen atoms in total. The molecule has 0 fully saturated rings. The molecule has 0 radical (unpaired) electrons. The van der Waals surface area contributed by atoms with Crippen molar-refractivity contribution in [2.45, 2.75) is 0 Å². The molecule has 0 aromatic heterocycles. The van der Waals surface area contributed by atoms with Gasteiger partial charge in [0.2, 0.25) is 10.0 Å². The topological polar surface area (TPSA) is 81.4 Å². The van der Waals surface area contributed by atoms with Gasteiger partial charge in [0.05, 0.1) is 24.7 Å². The molecule has 8 heteroatoms. The largest absolute Gasteiger partial charge is 0.379 e. The molecule has 18 heavy (non-hydrogen) atoms. The van der Waals surface area contributed by atoms with Gasteiger partial charge in [0.25, 0.3) is 0 Å². The summed E-state index contributed by atoms with van der Waals surface area (Å²) in [5, 5.41) is 0.244. The number of nitrogens with two attached hydrogens (primary N) is 1. The first-order valence-corrected chi connectivity index (χ1v) is 7.21. The highest BCUT2D eigenvalue weighted by molar-refractivity contribution is 7.92. The lowest BCUT2D eigenvalue weighted by molar-refractivity contribution is 0.157. The van der Waals surface area contributed by atoms with E-state index < -0.39 is 15.8 Å². The zero-order valence-corrected chi connectivity index (χ0v) is 11.1. The zero-order chi connectivity index (χ0) is 13.6. The Hall–Kier alpha value is -0.890. The van der Waals surface area contributed by atoms with E-state index >= 15 is 0 Å². The summed E-state index contributed by atoms with van der Waals surface area (Å²) in [6.07, 6.45) is 0. The van der Waals surface area contributed by atoms with Gasteiger partial charge in [-0.2, -0.15) is 0 Å². The fourth-order valence-electron chi connectivity index (χ4n) is 1.15. The summed E-state index contributed by atoms with van der Waals surface area (Å²) in [7, 11) is -3.67. The third-order valence-corrected chi connectivity index (χ3v) is 3.42. The van der Waals surface area contributed by atoms with E-state index in [1.54, 1.807) is 0 Å². The minimum atomic E-state index is -3.67. The van der Waals surface area contributed by atoms with Crippen LogP contribution < -0.4 is 10.5 Å². The molecule has 0 aliphatic rings. The smallest absolute Gasteiger partial charge is 0.235 e. The van der Waals surface area contributed by atoms with Crippen LogP contribution in [0, 0.1) is 5.82 Å². The van der Waals surface area contributed by atoms with Crippen LogP contribution in [0.3, 0.4) is 0 Å². The summed E-state index contributed by atoms with van der Waals surface area (Å²) in [6, 6.07) is 3.62. The van der Waals surface area contributed by atoms with E-state index in [4.69, 9.17) is 22.1 Å². The Morgan fingerprint density at radius 1 is 1.39 bits per heavy atom. The molecule has 1 aromatic rings. The van der Waals surface area contributed by atoms with Crippen molar-refractivity contribution in [3.05, 3.63) is 29.0 Å². The second-order valence-electron chi connectivity index (χ2n) is 3.45. The van der Waals surface area contributed by atoms with Crippen molar-refractivity contribution < 1.29 is 17.5 Å². The number of rotatable bonds is 7. The fourth-order valence-corrected chi connectivity index (χ4v) is 2.25. The Morgan fingerprint density at radius 2 is 2.11 bits per heavy atom.